The van der Waals surface area contributed by atoms with Gasteiger partial charge in [-0.25, -0.2) is 0 Å². The highest BCUT2D eigenvalue weighted by molar-refractivity contribution is 7.80. The fourth-order valence-corrected chi connectivity index (χ4v) is 3.52. The van der Waals surface area contributed by atoms with Crippen LogP contribution >= 0.6 is 12.2 Å². The van der Waals surface area contributed by atoms with Gasteiger partial charge >= 0.3 is 0 Å². The second-order valence-corrected chi connectivity index (χ2v) is 7.31. The Morgan fingerprint density at radius 3 is 2.50 bits per heavy atom. The molecular weight excluding hydrogens is 370 g/mol. The number of benzene rings is 2. The average Bonchev–Trinajstić information content (AvgIpc) is 2.73. The van der Waals surface area contributed by atoms with Gasteiger partial charge in [-0.2, -0.15) is 5.10 Å². The Morgan fingerprint density at radius 1 is 1.04 bits per heavy atom. The van der Waals surface area contributed by atoms with Gasteiger partial charge in [0.15, 0.2) is 5.11 Å². The molecule has 28 heavy (non-hydrogen) atoms. The zero-order valence-electron chi connectivity index (χ0n) is 16.0. The maximum atomic E-state index is 5.83. The summed E-state index contributed by atoms with van der Waals surface area (Å²) in [5.41, 5.74) is 10.2. The summed E-state index contributed by atoms with van der Waals surface area (Å²) < 4.78 is 11.6. The standard InChI is InChI=1S/C22H27N3O2S/c23-22(28)25-24-16-19-8-4-5-9-21(19)27-15-14-26-20-12-10-18(11-13-20)17-6-2-1-3-7-17/h4-5,8-13,16-17H,1-3,6-7,14-15H2,(H3,23,25,28)/b24-16-. The van der Waals surface area contributed by atoms with E-state index in [1.165, 1.54) is 37.7 Å². The molecule has 0 aromatic heterocycles. The molecule has 1 fully saturated rings. The van der Waals surface area contributed by atoms with E-state index in [9.17, 15) is 0 Å². The van der Waals surface area contributed by atoms with Gasteiger partial charge in [-0.3, -0.25) is 5.43 Å². The van der Waals surface area contributed by atoms with E-state index >= 15 is 0 Å². The predicted molar refractivity (Wildman–Crippen MR) is 117 cm³/mol. The summed E-state index contributed by atoms with van der Waals surface area (Å²) in [6, 6.07) is 16.2. The summed E-state index contributed by atoms with van der Waals surface area (Å²) in [5.74, 6) is 2.32. The number of para-hydroxylation sites is 1. The Labute approximate surface area is 171 Å². The van der Waals surface area contributed by atoms with Gasteiger partial charge in [0.05, 0.1) is 6.21 Å². The van der Waals surface area contributed by atoms with Crippen LogP contribution in [0.4, 0.5) is 0 Å². The van der Waals surface area contributed by atoms with E-state index in [1.807, 2.05) is 24.3 Å². The van der Waals surface area contributed by atoms with E-state index in [4.69, 9.17) is 27.4 Å². The molecule has 1 saturated carbocycles. The van der Waals surface area contributed by atoms with Crippen molar-refractivity contribution in [3.05, 3.63) is 59.7 Å². The third-order valence-electron chi connectivity index (χ3n) is 4.86. The van der Waals surface area contributed by atoms with E-state index in [0.29, 0.717) is 19.1 Å². The van der Waals surface area contributed by atoms with E-state index < -0.39 is 0 Å². The number of hydrogen-bond acceptors (Lipinski definition) is 4. The topological polar surface area (TPSA) is 68.9 Å². The van der Waals surface area contributed by atoms with E-state index in [1.54, 1.807) is 6.21 Å². The average molecular weight is 398 g/mol. The first kappa shape index (κ1) is 20.1. The smallest absolute Gasteiger partial charge is 0.184 e. The number of thiocarbonyl (C=S) groups is 1. The van der Waals surface area contributed by atoms with Crippen molar-refractivity contribution in [1.82, 2.24) is 5.43 Å². The van der Waals surface area contributed by atoms with Crippen LogP contribution in [-0.2, 0) is 0 Å². The first-order chi connectivity index (χ1) is 13.7. The Balaban J connectivity index is 1.45. The highest BCUT2D eigenvalue weighted by atomic mass is 32.1. The van der Waals surface area contributed by atoms with Crippen LogP contribution in [0.25, 0.3) is 0 Å². The van der Waals surface area contributed by atoms with Gasteiger partial charge in [0.25, 0.3) is 0 Å². The van der Waals surface area contributed by atoms with Gasteiger partial charge in [0.1, 0.15) is 24.7 Å². The molecule has 0 aliphatic heterocycles. The molecule has 0 amide bonds. The molecular formula is C22H27N3O2S. The second-order valence-electron chi connectivity index (χ2n) is 6.87. The van der Waals surface area contributed by atoms with Crippen LogP contribution < -0.4 is 20.6 Å². The maximum absolute atomic E-state index is 5.83. The highest BCUT2D eigenvalue weighted by Gasteiger charge is 2.15. The van der Waals surface area contributed by atoms with Crippen molar-refractivity contribution in [2.24, 2.45) is 10.8 Å². The van der Waals surface area contributed by atoms with E-state index in [2.05, 4.69) is 34.8 Å². The molecule has 1 aliphatic carbocycles. The van der Waals surface area contributed by atoms with Crippen LogP contribution in [0, 0.1) is 0 Å². The maximum Gasteiger partial charge on any atom is 0.184 e. The van der Waals surface area contributed by atoms with Crippen LogP contribution in [0.1, 0.15) is 49.1 Å². The van der Waals surface area contributed by atoms with Crippen molar-refractivity contribution in [3.8, 4) is 11.5 Å². The summed E-state index contributed by atoms with van der Waals surface area (Å²) in [4.78, 5) is 0. The zero-order chi connectivity index (χ0) is 19.6. The third kappa shape index (κ3) is 6.23. The van der Waals surface area contributed by atoms with Crippen molar-refractivity contribution in [3.63, 3.8) is 0 Å². The molecule has 0 saturated heterocycles. The summed E-state index contributed by atoms with van der Waals surface area (Å²) in [6.07, 6.45) is 8.32. The van der Waals surface area contributed by atoms with Crippen molar-refractivity contribution in [2.75, 3.05) is 13.2 Å². The van der Waals surface area contributed by atoms with Gasteiger partial charge in [-0.1, -0.05) is 43.5 Å². The molecule has 2 aromatic carbocycles. The van der Waals surface area contributed by atoms with Crippen LogP contribution in [0.2, 0.25) is 0 Å². The monoisotopic (exact) mass is 397 g/mol. The zero-order valence-corrected chi connectivity index (χ0v) is 16.8. The summed E-state index contributed by atoms with van der Waals surface area (Å²) in [7, 11) is 0. The molecule has 0 bridgehead atoms. The van der Waals surface area contributed by atoms with Gasteiger partial charge in [0, 0.05) is 5.56 Å². The van der Waals surface area contributed by atoms with Crippen LogP contribution in [0.15, 0.2) is 53.6 Å². The lowest BCUT2D eigenvalue weighted by Crippen LogP contribution is -2.24. The Morgan fingerprint density at radius 2 is 1.75 bits per heavy atom. The molecule has 0 heterocycles. The first-order valence-electron chi connectivity index (χ1n) is 9.75. The minimum atomic E-state index is 0.123. The molecule has 148 valence electrons. The van der Waals surface area contributed by atoms with Crippen LogP contribution in [0.3, 0.4) is 0 Å². The molecule has 0 atom stereocenters. The number of rotatable bonds is 8. The van der Waals surface area contributed by atoms with Crippen LogP contribution in [-0.4, -0.2) is 24.5 Å². The summed E-state index contributed by atoms with van der Waals surface area (Å²) in [6.45, 7) is 0.914. The van der Waals surface area contributed by atoms with Crippen molar-refractivity contribution >= 4 is 23.5 Å². The molecule has 1 aliphatic rings. The third-order valence-corrected chi connectivity index (χ3v) is 4.95. The van der Waals surface area contributed by atoms with Crippen molar-refractivity contribution in [1.29, 1.82) is 0 Å². The van der Waals surface area contributed by atoms with Gasteiger partial charge in [-0.05, 0) is 60.8 Å². The number of nitrogens with zero attached hydrogens (tertiary/aromatic N) is 1. The molecule has 0 spiro atoms. The molecule has 3 rings (SSSR count). The fourth-order valence-electron chi connectivity index (χ4n) is 3.47. The molecule has 2 aromatic rings. The van der Waals surface area contributed by atoms with Gasteiger partial charge in [0.2, 0.25) is 0 Å². The lowest BCUT2D eigenvalue weighted by molar-refractivity contribution is 0.217. The SMILES string of the molecule is NC(=S)N/N=C\c1ccccc1OCCOc1ccc(C2CCCCC2)cc1. The minimum Gasteiger partial charge on any atom is -0.490 e. The number of hydrogen-bond donors (Lipinski definition) is 2. The predicted octanol–water partition coefficient (Wildman–Crippen LogP) is 4.36. The van der Waals surface area contributed by atoms with Gasteiger partial charge < -0.3 is 15.2 Å². The summed E-state index contributed by atoms with van der Waals surface area (Å²) >= 11 is 4.73. The highest BCUT2D eigenvalue weighted by Crippen LogP contribution is 2.33. The number of nitrogens with two attached hydrogens (primary N) is 1. The number of nitrogens with one attached hydrogen (secondary N) is 1. The van der Waals surface area contributed by atoms with Crippen molar-refractivity contribution in [2.45, 2.75) is 38.0 Å². The fraction of sp³-hybridized carbons (Fsp3) is 0.364. The molecule has 3 N–H and O–H groups in total. The Bertz CT molecular complexity index is 787. The van der Waals surface area contributed by atoms with Crippen molar-refractivity contribution < 1.29 is 9.47 Å². The Hall–Kier alpha value is -2.60. The van der Waals surface area contributed by atoms with E-state index in [-0.39, 0.29) is 5.11 Å². The van der Waals surface area contributed by atoms with E-state index in [0.717, 1.165) is 17.1 Å². The normalized spacial score (nSPS) is 14.7. The number of hydrazone groups is 1. The molecule has 0 radical (unpaired) electrons. The summed E-state index contributed by atoms with van der Waals surface area (Å²) in [5, 5.41) is 4.09. The molecule has 0 unspecified atom stereocenters. The second kappa shape index (κ2) is 10.7. The minimum absolute atomic E-state index is 0.123. The Kier molecular flexibility index (Phi) is 7.67. The number of ether oxygens (including phenoxy) is 2. The first-order valence-corrected chi connectivity index (χ1v) is 10.2. The van der Waals surface area contributed by atoms with Gasteiger partial charge in [-0.15, -0.1) is 0 Å². The quantitative estimate of drug-likeness (QED) is 0.300. The molecule has 5 nitrogen and oxygen atoms in total. The van der Waals surface area contributed by atoms with Crippen LogP contribution in [0.5, 0.6) is 11.5 Å². The largest absolute Gasteiger partial charge is 0.490 e. The lowest BCUT2D eigenvalue weighted by atomic mass is 9.84. The molecule has 6 heteroatoms. The lowest BCUT2D eigenvalue weighted by Gasteiger charge is -2.22.